The summed E-state index contributed by atoms with van der Waals surface area (Å²) in [4.78, 5) is 22.3. The second kappa shape index (κ2) is 7.92. The van der Waals surface area contributed by atoms with Gasteiger partial charge in [0.2, 0.25) is 27.6 Å². The number of hydrogen-bond donors (Lipinski definition) is 0. The molecule has 26 heavy (non-hydrogen) atoms. The van der Waals surface area contributed by atoms with Gasteiger partial charge in [-0.2, -0.15) is 9.29 Å². The number of nitrogens with zero attached hydrogens (tertiary/aromatic N) is 5. The predicted octanol–water partition coefficient (Wildman–Crippen LogP) is 0.558. The number of carbonyl (C=O) groups excluding carboxylic acids is 1. The monoisotopic (exact) mass is 379 g/mol. The number of piperazine rings is 1. The molecule has 1 aliphatic heterocycles. The smallest absolute Gasteiger partial charge is 0.227 e. The van der Waals surface area contributed by atoms with E-state index in [1.165, 1.54) is 4.31 Å². The molecule has 0 N–H and O–H groups in total. The summed E-state index contributed by atoms with van der Waals surface area (Å²) in [6.07, 6.45) is 3.90. The molecule has 2 aromatic heterocycles. The van der Waals surface area contributed by atoms with E-state index in [-0.39, 0.29) is 18.1 Å². The fourth-order valence-electron chi connectivity index (χ4n) is 2.74. The van der Waals surface area contributed by atoms with Crippen molar-refractivity contribution >= 4 is 15.9 Å². The van der Waals surface area contributed by atoms with E-state index in [0.717, 1.165) is 5.56 Å². The van der Waals surface area contributed by atoms with Crippen LogP contribution in [0.4, 0.5) is 0 Å². The summed E-state index contributed by atoms with van der Waals surface area (Å²) in [7, 11) is -3.19. The lowest BCUT2D eigenvalue weighted by Gasteiger charge is -2.33. The summed E-state index contributed by atoms with van der Waals surface area (Å²) in [5, 5.41) is 3.90. The zero-order chi connectivity index (χ0) is 18.6. The number of sulfonamides is 1. The van der Waals surface area contributed by atoms with Gasteiger partial charge in [-0.3, -0.25) is 9.78 Å². The molecule has 3 rings (SSSR count). The van der Waals surface area contributed by atoms with Crippen LogP contribution in [-0.2, 0) is 21.2 Å². The molecule has 0 bridgehead atoms. The van der Waals surface area contributed by atoms with Crippen LogP contribution in [0.3, 0.4) is 0 Å². The molecule has 1 fully saturated rings. The van der Waals surface area contributed by atoms with Gasteiger partial charge in [-0.05, 0) is 19.1 Å². The molecule has 0 spiro atoms. The van der Waals surface area contributed by atoms with Crippen molar-refractivity contribution in [1.29, 1.82) is 0 Å². The Labute approximate surface area is 152 Å². The summed E-state index contributed by atoms with van der Waals surface area (Å²) in [6.45, 7) is 3.12. The maximum absolute atomic E-state index is 12.3. The quantitative estimate of drug-likeness (QED) is 0.721. The fourth-order valence-corrected chi connectivity index (χ4v) is 3.82. The Morgan fingerprint density at radius 2 is 2.04 bits per heavy atom. The van der Waals surface area contributed by atoms with Crippen LogP contribution in [-0.4, -0.2) is 70.6 Å². The van der Waals surface area contributed by atoms with Crippen molar-refractivity contribution in [1.82, 2.24) is 24.3 Å². The Morgan fingerprint density at radius 3 is 2.69 bits per heavy atom. The van der Waals surface area contributed by atoms with E-state index in [4.69, 9.17) is 4.52 Å². The Morgan fingerprint density at radius 1 is 1.27 bits per heavy atom. The fraction of sp³-hybridized carbons (Fsp3) is 0.500. The van der Waals surface area contributed by atoms with Crippen molar-refractivity contribution in [2.24, 2.45) is 0 Å². The van der Waals surface area contributed by atoms with Gasteiger partial charge in [-0.15, -0.1) is 0 Å². The van der Waals surface area contributed by atoms with E-state index in [2.05, 4.69) is 15.1 Å². The van der Waals surface area contributed by atoms with Gasteiger partial charge >= 0.3 is 0 Å². The van der Waals surface area contributed by atoms with E-state index in [0.29, 0.717) is 44.3 Å². The van der Waals surface area contributed by atoms with Crippen LogP contribution < -0.4 is 0 Å². The third kappa shape index (κ3) is 4.25. The molecule has 9 nitrogen and oxygen atoms in total. The minimum atomic E-state index is -3.19. The molecule has 1 saturated heterocycles. The highest BCUT2D eigenvalue weighted by Gasteiger charge is 2.27. The SMILES string of the molecule is CCS(=O)(=O)N1CCN(C(=O)CCc2nc(-c3cccnc3)no2)CC1. The molecule has 1 amide bonds. The highest BCUT2D eigenvalue weighted by Crippen LogP contribution is 2.15. The molecular formula is C16H21N5O4S. The van der Waals surface area contributed by atoms with Gasteiger partial charge < -0.3 is 9.42 Å². The largest absolute Gasteiger partial charge is 0.340 e. The molecule has 0 saturated carbocycles. The lowest BCUT2D eigenvalue weighted by Crippen LogP contribution is -2.50. The number of carbonyl (C=O) groups is 1. The molecule has 0 atom stereocenters. The van der Waals surface area contributed by atoms with Gasteiger partial charge in [0.25, 0.3) is 0 Å². The van der Waals surface area contributed by atoms with Crippen molar-refractivity contribution < 1.29 is 17.7 Å². The van der Waals surface area contributed by atoms with Crippen LogP contribution in [0.2, 0.25) is 0 Å². The number of amides is 1. The number of hydrogen-bond acceptors (Lipinski definition) is 7. The lowest BCUT2D eigenvalue weighted by molar-refractivity contribution is -0.132. The zero-order valence-electron chi connectivity index (χ0n) is 14.5. The maximum Gasteiger partial charge on any atom is 0.227 e. The predicted molar refractivity (Wildman–Crippen MR) is 93.5 cm³/mol. The van der Waals surface area contributed by atoms with Gasteiger partial charge in [-0.1, -0.05) is 5.16 Å². The van der Waals surface area contributed by atoms with Gasteiger partial charge in [0.1, 0.15) is 0 Å². The van der Waals surface area contributed by atoms with Crippen molar-refractivity contribution in [3.63, 3.8) is 0 Å². The minimum absolute atomic E-state index is 0.0420. The Kier molecular flexibility index (Phi) is 5.62. The Bertz CT molecular complexity index is 845. The van der Waals surface area contributed by atoms with Crippen molar-refractivity contribution in [2.45, 2.75) is 19.8 Å². The molecule has 0 aliphatic carbocycles. The molecule has 1 aliphatic rings. The van der Waals surface area contributed by atoms with Crippen LogP contribution >= 0.6 is 0 Å². The van der Waals surface area contributed by atoms with Gasteiger partial charge in [0, 0.05) is 57.0 Å². The molecular weight excluding hydrogens is 358 g/mol. The summed E-state index contributed by atoms with van der Waals surface area (Å²) in [5.74, 6) is 0.875. The molecule has 0 radical (unpaired) electrons. The highest BCUT2D eigenvalue weighted by atomic mass is 32.2. The Balaban J connectivity index is 1.50. The van der Waals surface area contributed by atoms with Crippen molar-refractivity contribution in [2.75, 3.05) is 31.9 Å². The first kappa shape index (κ1) is 18.5. The summed E-state index contributed by atoms with van der Waals surface area (Å²) >= 11 is 0. The highest BCUT2D eigenvalue weighted by molar-refractivity contribution is 7.89. The Hall–Kier alpha value is -2.33. The van der Waals surface area contributed by atoms with Gasteiger partial charge in [-0.25, -0.2) is 8.42 Å². The van der Waals surface area contributed by atoms with E-state index < -0.39 is 10.0 Å². The zero-order valence-corrected chi connectivity index (χ0v) is 15.4. The number of aromatic nitrogens is 3. The number of aryl methyl sites for hydroxylation is 1. The average molecular weight is 379 g/mol. The number of pyridine rings is 1. The van der Waals surface area contributed by atoms with Crippen LogP contribution in [0.1, 0.15) is 19.2 Å². The third-order valence-electron chi connectivity index (χ3n) is 4.29. The second-order valence-corrected chi connectivity index (χ2v) is 8.19. The molecule has 2 aromatic rings. The van der Waals surface area contributed by atoms with Gasteiger partial charge in [0.05, 0.1) is 5.75 Å². The molecule has 10 heteroatoms. The molecule has 0 unspecified atom stereocenters. The lowest BCUT2D eigenvalue weighted by atomic mass is 10.2. The normalized spacial score (nSPS) is 16.0. The van der Waals surface area contributed by atoms with E-state index in [1.807, 2.05) is 6.07 Å². The summed E-state index contributed by atoms with van der Waals surface area (Å²) < 4.78 is 30.3. The van der Waals surface area contributed by atoms with E-state index >= 15 is 0 Å². The standard InChI is InChI=1S/C16H21N5O4S/c1-2-26(23,24)21-10-8-20(9-11-21)15(22)6-5-14-18-16(19-25-14)13-4-3-7-17-12-13/h3-4,7,12H,2,5-6,8-11H2,1H3. The van der Waals surface area contributed by atoms with Crippen molar-refractivity contribution in [3.05, 3.63) is 30.4 Å². The van der Waals surface area contributed by atoms with Crippen LogP contribution in [0, 0.1) is 0 Å². The summed E-state index contributed by atoms with van der Waals surface area (Å²) in [5.41, 5.74) is 0.752. The van der Waals surface area contributed by atoms with E-state index in [1.54, 1.807) is 30.3 Å². The maximum atomic E-state index is 12.3. The van der Waals surface area contributed by atoms with Crippen LogP contribution in [0.15, 0.2) is 29.0 Å². The molecule has 0 aromatic carbocycles. The van der Waals surface area contributed by atoms with Crippen LogP contribution in [0.5, 0.6) is 0 Å². The number of rotatable bonds is 6. The molecule has 140 valence electrons. The van der Waals surface area contributed by atoms with Crippen LogP contribution in [0.25, 0.3) is 11.4 Å². The minimum Gasteiger partial charge on any atom is -0.340 e. The summed E-state index contributed by atoms with van der Waals surface area (Å²) in [6, 6.07) is 3.61. The third-order valence-corrected chi connectivity index (χ3v) is 6.17. The average Bonchev–Trinajstić information content (AvgIpc) is 3.16. The topological polar surface area (TPSA) is 110 Å². The van der Waals surface area contributed by atoms with Gasteiger partial charge in [0.15, 0.2) is 0 Å². The second-order valence-electron chi connectivity index (χ2n) is 5.93. The molecule has 3 heterocycles. The van der Waals surface area contributed by atoms with E-state index in [9.17, 15) is 13.2 Å². The first-order chi connectivity index (χ1) is 12.5. The first-order valence-electron chi connectivity index (χ1n) is 8.48. The first-order valence-corrected chi connectivity index (χ1v) is 10.1. The van der Waals surface area contributed by atoms with Crippen molar-refractivity contribution in [3.8, 4) is 11.4 Å².